The molecule has 0 aliphatic heterocycles. The zero-order valence-corrected chi connectivity index (χ0v) is 8.63. The molecule has 0 unspecified atom stereocenters. The number of nitrogens with zero attached hydrogens (tertiary/aromatic N) is 2. The zero-order valence-electron chi connectivity index (χ0n) is 7.88. The normalized spacial score (nSPS) is 10.4. The van der Waals surface area contributed by atoms with E-state index in [4.69, 9.17) is 16.0 Å². The highest BCUT2D eigenvalue weighted by molar-refractivity contribution is 6.16. The molecule has 0 bridgehead atoms. The van der Waals surface area contributed by atoms with Gasteiger partial charge in [0.1, 0.15) is 5.88 Å². The maximum absolute atomic E-state index is 13.2. The molecule has 4 nitrogen and oxygen atoms in total. The molecule has 1 N–H and O–H groups in total. The number of hydrogen-bond acceptors (Lipinski definition) is 4. The van der Waals surface area contributed by atoms with Gasteiger partial charge >= 0.3 is 6.01 Å². The fourth-order valence-electron chi connectivity index (χ4n) is 1.07. The summed E-state index contributed by atoms with van der Waals surface area (Å²) in [7, 11) is 0. The van der Waals surface area contributed by atoms with E-state index in [1.165, 1.54) is 12.1 Å². The minimum Gasteiger partial charge on any atom is -0.407 e. The Morgan fingerprint density at radius 2 is 2.12 bits per heavy atom. The predicted molar refractivity (Wildman–Crippen MR) is 53.5 cm³/mol. The first-order valence-corrected chi connectivity index (χ1v) is 4.83. The summed E-state index contributed by atoms with van der Waals surface area (Å²) in [4.78, 5) is 0. The molecule has 0 saturated heterocycles. The van der Waals surface area contributed by atoms with Gasteiger partial charge in [0.05, 0.1) is 5.69 Å². The number of rotatable bonds is 3. The second-order valence-electron chi connectivity index (χ2n) is 2.86. The molecule has 0 radical (unpaired) electrons. The fourth-order valence-corrected chi connectivity index (χ4v) is 1.18. The summed E-state index contributed by atoms with van der Waals surface area (Å²) in [5.74, 6) is -1.71. The van der Waals surface area contributed by atoms with E-state index in [1.807, 2.05) is 0 Å². The summed E-state index contributed by atoms with van der Waals surface area (Å²) in [5.41, 5.74) is -0.0789. The lowest BCUT2D eigenvalue weighted by Crippen LogP contribution is -1.96. The van der Waals surface area contributed by atoms with Crippen LogP contribution in [0.3, 0.4) is 0 Å². The molecule has 16 heavy (non-hydrogen) atoms. The first-order valence-electron chi connectivity index (χ1n) is 4.30. The number of alkyl halides is 1. The Morgan fingerprint density at radius 3 is 2.81 bits per heavy atom. The van der Waals surface area contributed by atoms with E-state index in [0.29, 0.717) is 0 Å². The molecule has 1 aromatic heterocycles. The third-order valence-corrected chi connectivity index (χ3v) is 2.00. The van der Waals surface area contributed by atoms with Gasteiger partial charge in [-0.2, -0.15) is 0 Å². The smallest absolute Gasteiger partial charge is 0.320 e. The van der Waals surface area contributed by atoms with E-state index < -0.39 is 11.6 Å². The van der Waals surface area contributed by atoms with Crippen molar-refractivity contribution in [2.45, 2.75) is 5.88 Å². The molecular formula is C9H6ClF2N3O. The summed E-state index contributed by atoms with van der Waals surface area (Å²) in [6.07, 6.45) is 0. The molecule has 1 aromatic carbocycles. The molecule has 1 heterocycles. The van der Waals surface area contributed by atoms with Crippen LogP contribution in [0.5, 0.6) is 0 Å². The molecule has 0 fully saturated rings. The predicted octanol–water partition coefficient (Wildman–Crippen LogP) is 2.83. The van der Waals surface area contributed by atoms with Crippen LogP contribution >= 0.6 is 11.6 Å². The summed E-state index contributed by atoms with van der Waals surface area (Å²) in [6.45, 7) is 0. The Labute approximate surface area is 94.2 Å². The van der Waals surface area contributed by atoms with Crippen molar-refractivity contribution in [3.8, 4) is 0 Å². The Bertz CT molecular complexity index is 503. The molecule has 0 atom stereocenters. The second kappa shape index (κ2) is 4.44. The maximum atomic E-state index is 13.2. The zero-order chi connectivity index (χ0) is 11.5. The second-order valence-corrected chi connectivity index (χ2v) is 3.13. The van der Waals surface area contributed by atoms with Crippen molar-refractivity contribution in [2.75, 3.05) is 5.32 Å². The Morgan fingerprint density at radius 1 is 1.31 bits per heavy atom. The molecule has 84 valence electrons. The van der Waals surface area contributed by atoms with Gasteiger partial charge in [-0.25, -0.2) is 8.78 Å². The van der Waals surface area contributed by atoms with Gasteiger partial charge in [-0.15, -0.1) is 16.7 Å². The number of halogens is 3. The van der Waals surface area contributed by atoms with Crippen LogP contribution < -0.4 is 5.32 Å². The SMILES string of the molecule is Fc1cccc(Nc2nnc(CCl)o2)c1F. The van der Waals surface area contributed by atoms with Gasteiger partial charge in [0, 0.05) is 0 Å². The number of nitrogens with one attached hydrogen (secondary N) is 1. The third-order valence-electron chi connectivity index (χ3n) is 1.77. The van der Waals surface area contributed by atoms with Crippen LogP contribution in [0.4, 0.5) is 20.5 Å². The topological polar surface area (TPSA) is 51.0 Å². The Balaban J connectivity index is 2.23. The summed E-state index contributed by atoms with van der Waals surface area (Å²) in [5, 5.41) is 9.56. The molecular weight excluding hydrogens is 240 g/mol. The van der Waals surface area contributed by atoms with Crippen LogP contribution in [0.1, 0.15) is 5.89 Å². The van der Waals surface area contributed by atoms with E-state index in [1.54, 1.807) is 0 Å². The van der Waals surface area contributed by atoms with E-state index in [-0.39, 0.29) is 23.5 Å². The lowest BCUT2D eigenvalue weighted by molar-refractivity contribution is 0.507. The largest absolute Gasteiger partial charge is 0.407 e. The number of hydrogen-bond donors (Lipinski definition) is 1. The van der Waals surface area contributed by atoms with Gasteiger partial charge in [0.15, 0.2) is 11.6 Å². The summed E-state index contributed by atoms with van der Waals surface area (Å²) >= 11 is 5.44. The van der Waals surface area contributed by atoms with E-state index in [0.717, 1.165) is 6.07 Å². The fraction of sp³-hybridized carbons (Fsp3) is 0.111. The van der Waals surface area contributed by atoms with Crippen molar-refractivity contribution in [1.29, 1.82) is 0 Å². The quantitative estimate of drug-likeness (QED) is 0.845. The maximum Gasteiger partial charge on any atom is 0.320 e. The van der Waals surface area contributed by atoms with Crippen molar-refractivity contribution >= 4 is 23.3 Å². The first-order chi connectivity index (χ1) is 7.70. The molecule has 0 saturated carbocycles. The lowest BCUT2D eigenvalue weighted by atomic mass is 10.3. The summed E-state index contributed by atoms with van der Waals surface area (Å²) in [6, 6.07) is 3.68. The number of anilines is 2. The lowest BCUT2D eigenvalue weighted by Gasteiger charge is -2.02. The van der Waals surface area contributed by atoms with Gasteiger partial charge in [-0.1, -0.05) is 11.2 Å². The summed E-state index contributed by atoms with van der Waals surface area (Å²) < 4.78 is 31.1. The Hall–Kier alpha value is -1.69. The van der Waals surface area contributed by atoms with Crippen molar-refractivity contribution in [1.82, 2.24) is 10.2 Å². The van der Waals surface area contributed by atoms with Gasteiger partial charge in [0.2, 0.25) is 5.89 Å². The molecule has 0 aliphatic rings. The van der Waals surface area contributed by atoms with Crippen LogP contribution in [0.25, 0.3) is 0 Å². The molecule has 0 spiro atoms. The number of aromatic nitrogens is 2. The number of benzene rings is 1. The van der Waals surface area contributed by atoms with Crippen molar-refractivity contribution in [3.05, 3.63) is 35.7 Å². The van der Waals surface area contributed by atoms with Crippen LogP contribution in [0.15, 0.2) is 22.6 Å². The van der Waals surface area contributed by atoms with Gasteiger partial charge in [-0.3, -0.25) is 0 Å². The Kier molecular flexibility index (Phi) is 3.00. The van der Waals surface area contributed by atoms with Crippen molar-refractivity contribution in [3.63, 3.8) is 0 Å². The minimum atomic E-state index is -1.01. The average Bonchev–Trinajstić information content (AvgIpc) is 2.73. The van der Waals surface area contributed by atoms with Crippen LogP contribution in [-0.2, 0) is 5.88 Å². The van der Waals surface area contributed by atoms with Gasteiger partial charge in [0.25, 0.3) is 0 Å². The molecule has 0 amide bonds. The van der Waals surface area contributed by atoms with E-state index in [9.17, 15) is 8.78 Å². The van der Waals surface area contributed by atoms with Gasteiger partial charge in [-0.05, 0) is 12.1 Å². The monoisotopic (exact) mass is 245 g/mol. The van der Waals surface area contributed by atoms with Crippen LogP contribution in [0, 0.1) is 11.6 Å². The van der Waals surface area contributed by atoms with E-state index >= 15 is 0 Å². The molecule has 7 heteroatoms. The standard InChI is InChI=1S/C9H6ClF2N3O/c10-4-7-14-15-9(16-7)13-6-3-1-2-5(11)8(6)12/h1-3H,4H2,(H,13,15). The highest BCUT2D eigenvalue weighted by Gasteiger charge is 2.10. The van der Waals surface area contributed by atoms with E-state index in [2.05, 4.69) is 15.5 Å². The highest BCUT2D eigenvalue weighted by atomic mass is 35.5. The molecule has 2 rings (SSSR count). The molecule has 0 aliphatic carbocycles. The average molecular weight is 246 g/mol. The van der Waals surface area contributed by atoms with Crippen LogP contribution in [-0.4, -0.2) is 10.2 Å². The minimum absolute atomic E-state index is 0.0415. The first kappa shape index (κ1) is 10.8. The highest BCUT2D eigenvalue weighted by Crippen LogP contribution is 2.20. The van der Waals surface area contributed by atoms with Crippen LogP contribution in [0.2, 0.25) is 0 Å². The van der Waals surface area contributed by atoms with Crippen molar-refractivity contribution in [2.24, 2.45) is 0 Å². The van der Waals surface area contributed by atoms with Crippen molar-refractivity contribution < 1.29 is 13.2 Å². The molecule has 2 aromatic rings. The van der Waals surface area contributed by atoms with Gasteiger partial charge < -0.3 is 9.73 Å². The third kappa shape index (κ3) is 2.11.